The first-order valence-corrected chi connectivity index (χ1v) is 5.57. The fraction of sp³-hybridized carbons (Fsp3) is 0.167. The molecule has 0 aliphatic carbocycles. The molecule has 6 heteroatoms. The number of carboxylic acid groups (broad SMARTS) is 1. The molecule has 0 spiro atoms. The second kappa shape index (κ2) is 4.34. The summed E-state index contributed by atoms with van der Waals surface area (Å²) >= 11 is 6.12. The van der Waals surface area contributed by atoms with Crippen molar-refractivity contribution in [3.63, 3.8) is 0 Å². The normalized spacial score (nSPS) is 10.6. The molecule has 0 radical (unpaired) electrons. The van der Waals surface area contributed by atoms with Crippen LogP contribution in [0.4, 0.5) is 0 Å². The van der Waals surface area contributed by atoms with Crippen LogP contribution in [0.2, 0.25) is 5.02 Å². The third-order valence-corrected chi connectivity index (χ3v) is 3.05. The van der Waals surface area contributed by atoms with Crippen LogP contribution in [0.25, 0.3) is 11.3 Å². The number of carboxylic acids is 1. The molecule has 0 atom stereocenters. The van der Waals surface area contributed by atoms with E-state index in [0.29, 0.717) is 27.4 Å². The van der Waals surface area contributed by atoms with Crippen molar-refractivity contribution >= 4 is 17.6 Å². The van der Waals surface area contributed by atoms with Gasteiger partial charge in [0, 0.05) is 11.1 Å². The number of aromatic hydroxyl groups is 1. The number of H-pyrrole nitrogens is 1. The number of hydrogen-bond donors (Lipinski definition) is 3. The molecule has 0 saturated heterocycles. The van der Waals surface area contributed by atoms with Crippen molar-refractivity contribution in [1.29, 1.82) is 0 Å². The summed E-state index contributed by atoms with van der Waals surface area (Å²) in [5.74, 6) is -0.965. The second-order valence-corrected chi connectivity index (χ2v) is 4.40. The van der Waals surface area contributed by atoms with Crippen LogP contribution < -0.4 is 0 Å². The number of carbonyl (C=O) groups is 1. The van der Waals surface area contributed by atoms with E-state index >= 15 is 0 Å². The molecule has 0 bridgehead atoms. The van der Waals surface area contributed by atoms with Gasteiger partial charge in [-0.3, -0.25) is 5.10 Å². The third-order valence-electron chi connectivity index (χ3n) is 2.75. The molecule has 1 aromatic heterocycles. The predicted octanol–water partition coefficient (Wildman–Crippen LogP) is 2.75. The van der Waals surface area contributed by atoms with Crippen LogP contribution in [0.1, 0.15) is 21.6 Å². The number of rotatable bonds is 2. The average molecular weight is 267 g/mol. The molecule has 1 aromatic carbocycles. The molecule has 3 N–H and O–H groups in total. The van der Waals surface area contributed by atoms with Crippen LogP contribution in [-0.2, 0) is 0 Å². The van der Waals surface area contributed by atoms with E-state index in [1.165, 1.54) is 6.07 Å². The SMILES string of the molecule is Cc1cc(Cl)c(-c2cc(C(=O)O)[nH]n2)c(C)c1O. The van der Waals surface area contributed by atoms with E-state index in [4.69, 9.17) is 16.7 Å². The van der Waals surface area contributed by atoms with Gasteiger partial charge in [-0.15, -0.1) is 0 Å². The van der Waals surface area contributed by atoms with Crippen molar-refractivity contribution in [3.8, 4) is 17.0 Å². The Kier molecular flexibility index (Phi) is 3.00. The molecule has 94 valence electrons. The molecular weight excluding hydrogens is 256 g/mol. The first-order valence-electron chi connectivity index (χ1n) is 5.19. The van der Waals surface area contributed by atoms with Gasteiger partial charge in [0.05, 0.1) is 10.7 Å². The zero-order valence-electron chi connectivity index (χ0n) is 9.78. The molecule has 2 rings (SSSR count). The number of nitrogens with zero attached hydrogens (tertiary/aromatic N) is 1. The van der Waals surface area contributed by atoms with E-state index in [1.807, 2.05) is 0 Å². The maximum absolute atomic E-state index is 10.8. The van der Waals surface area contributed by atoms with Gasteiger partial charge in [-0.2, -0.15) is 5.10 Å². The summed E-state index contributed by atoms with van der Waals surface area (Å²) in [5.41, 5.74) is 2.13. The highest BCUT2D eigenvalue weighted by Gasteiger charge is 2.17. The van der Waals surface area contributed by atoms with Gasteiger partial charge in [0.2, 0.25) is 0 Å². The highest BCUT2D eigenvalue weighted by Crippen LogP contribution is 2.37. The first-order chi connectivity index (χ1) is 8.41. The lowest BCUT2D eigenvalue weighted by Gasteiger charge is -2.10. The summed E-state index contributed by atoms with van der Waals surface area (Å²) in [5, 5.41) is 25.4. The predicted molar refractivity (Wildman–Crippen MR) is 67.1 cm³/mol. The lowest BCUT2D eigenvalue weighted by atomic mass is 10.0. The highest BCUT2D eigenvalue weighted by atomic mass is 35.5. The number of aromatic amines is 1. The van der Waals surface area contributed by atoms with Crippen LogP contribution in [0.3, 0.4) is 0 Å². The molecule has 0 saturated carbocycles. The number of halogens is 1. The number of nitrogens with one attached hydrogen (secondary N) is 1. The Morgan fingerprint density at radius 3 is 2.61 bits per heavy atom. The number of aromatic nitrogens is 2. The van der Waals surface area contributed by atoms with Crippen molar-refractivity contribution in [3.05, 3.63) is 34.0 Å². The maximum atomic E-state index is 10.8. The van der Waals surface area contributed by atoms with E-state index in [2.05, 4.69) is 10.2 Å². The summed E-state index contributed by atoms with van der Waals surface area (Å²) in [6, 6.07) is 3.00. The summed E-state index contributed by atoms with van der Waals surface area (Å²) in [4.78, 5) is 10.8. The van der Waals surface area contributed by atoms with E-state index in [0.717, 1.165) is 0 Å². The summed E-state index contributed by atoms with van der Waals surface area (Å²) in [6.45, 7) is 3.45. The highest BCUT2D eigenvalue weighted by molar-refractivity contribution is 6.33. The molecular formula is C12H11ClN2O3. The maximum Gasteiger partial charge on any atom is 0.353 e. The van der Waals surface area contributed by atoms with E-state index in [9.17, 15) is 9.90 Å². The summed E-state index contributed by atoms with van der Waals surface area (Å²) < 4.78 is 0. The average Bonchev–Trinajstić information content (AvgIpc) is 2.75. The Morgan fingerprint density at radius 2 is 2.06 bits per heavy atom. The Bertz CT molecular complexity index is 634. The van der Waals surface area contributed by atoms with Gasteiger partial charge in [0.15, 0.2) is 0 Å². The monoisotopic (exact) mass is 266 g/mol. The molecule has 0 aliphatic heterocycles. The van der Waals surface area contributed by atoms with E-state index in [-0.39, 0.29) is 11.4 Å². The minimum Gasteiger partial charge on any atom is -0.507 e. The zero-order valence-corrected chi connectivity index (χ0v) is 10.5. The van der Waals surface area contributed by atoms with Crippen molar-refractivity contribution in [2.75, 3.05) is 0 Å². The smallest absolute Gasteiger partial charge is 0.353 e. The third kappa shape index (κ3) is 1.93. The molecule has 0 amide bonds. The van der Waals surface area contributed by atoms with Crippen LogP contribution in [0.5, 0.6) is 5.75 Å². The molecule has 5 nitrogen and oxygen atoms in total. The minimum absolute atomic E-state index is 0.0273. The van der Waals surface area contributed by atoms with Gasteiger partial charge < -0.3 is 10.2 Å². The van der Waals surface area contributed by atoms with Gasteiger partial charge in [0.25, 0.3) is 0 Å². The van der Waals surface area contributed by atoms with Gasteiger partial charge in [0.1, 0.15) is 11.4 Å². The molecule has 0 aliphatic rings. The lowest BCUT2D eigenvalue weighted by molar-refractivity contribution is 0.0690. The molecule has 18 heavy (non-hydrogen) atoms. The van der Waals surface area contributed by atoms with E-state index < -0.39 is 5.97 Å². The number of phenols is 1. The largest absolute Gasteiger partial charge is 0.507 e. The summed E-state index contributed by atoms with van der Waals surface area (Å²) in [6.07, 6.45) is 0. The number of hydrogen-bond acceptors (Lipinski definition) is 3. The first kappa shape index (κ1) is 12.4. The quantitative estimate of drug-likeness (QED) is 0.780. The van der Waals surface area contributed by atoms with Gasteiger partial charge >= 0.3 is 5.97 Å². The van der Waals surface area contributed by atoms with Crippen molar-refractivity contribution < 1.29 is 15.0 Å². The second-order valence-electron chi connectivity index (χ2n) is 4.00. The van der Waals surface area contributed by atoms with Gasteiger partial charge in [-0.25, -0.2) is 4.79 Å². The number of aromatic carboxylic acids is 1. The van der Waals surface area contributed by atoms with Crippen molar-refractivity contribution in [2.45, 2.75) is 13.8 Å². The fourth-order valence-corrected chi connectivity index (χ4v) is 2.20. The molecule has 1 heterocycles. The Hall–Kier alpha value is -2.01. The van der Waals surface area contributed by atoms with Crippen LogP contribution in [0.15, 0.2) is 12.1 Å². The number of benzene rings is 1. The van der Waals surface area contributed by atoms with Crippen LogP contribution in [0, 0.1) is 13.8 Å². The number of phenolic OH excluding ortho intramolecular Hbond substituents is 1. The molecule has 2 aromatic rings. The van der Waals surface area contributed by atoms with Crippen molar-refractivity contribution in [1.82, 2.24) is 10.2 Å². The lowest BCUT2D eigenvalue weighted by Crippen LogP contribution is -1.95. The Morgan fingerprint density at radius 1 is 1.39 bits per heavy atom. The zero-order chi connectivity index (χ0) is 13.4. The Labute approximate surface area is 108 Å². The minimum atomic E-state index is -1.10. The van der Waals surface area contributed by atoms with Crippen LogP contribution >= 0.6 is 11.6 Å². The van der Waals surface area contributed by atoms with E-state index in [1.54, 1.807) is 19.9 Å². The fourth-order valence-electron chi connectivity index (χ4n) is 1.80. The topological polar surface area (TPSA) is 86.2 Å². The van der Waals surface area contributed by atoms with Gasteiger partial charge in [-0.05, 0) is 31.5 Å². The summed E-state index contributed by atoms with van der Waals surface area (Å²) in [7, 11) is 0. The standard InChI is InChI=1S/C12H11ClN2O3/c1-5-3-7(13)10(6(2)11(5)16)8-4-9(12(17)18)15-14-8/h3-4,16H,1-2H3,(H,14,15)(H,17,18). The molecule has 0 fully saturated rings. The Balaban J connectivity index is 2.63. The van der Waals surface area contributed by atoms with Gasteiger partial charge in [-0.1, -0.05) is 11.6 Å². The van der Waals surface area contributed by atoms with Crippen LogP contribution in [-0.4, -0.2) is 26.4 Å². The van der Waals surface area contributed by atoms with Crippen molar-refractivity contribution in [2.24, 2.45) is 0 Å². The number of aryl methyl sites for hydroxylation is 1. The molecule has 0 unspecified atom stereocenters.